The van der Waals surface area contributed by atoms with E-state index in [1.54, 1.807) is 12.2 Å². The fraction of sp³-hybridized carbons (Fsp3) is 0.0769. The average molecular weight is 398 g/mol. The second-order valence-electron chi connectivity index (χ2n) is 7.10. The Hall–Kier alpha value is -3.92. The number of phenols is 2. The monoisotopic (exact) mass is 398 g/mol. The zero-order chi connectivity index (χ0) is 21.7. The van der Waals surface area contributed by atoms with Crippen molar-refractivity contribution in [2.24, 2.45) is 0 Å². The third-order valence-corrected chi connectivity index (χ3v) is 4.65. The van der Waals surface area contributed by atoms with Gasteiger partial charge in [0, 0.05) is 6.07 Å². The first-order chi connectivity index (χ1) is 14.3. The van der Waals surface area contributed by atoms with Gasteiger partial charge in [-0.3, -0.25) is 9.59 Å². The number of rotatable bonds is 6. The topological polar surface area (TPSA) is 74.6 Å². The third-order valence-electron chi connectivity index (χ3n) is 4.65. The lowest BCUT2D eigenvalue weighted by molar-refractivity contribution is 0.104. The molecule has 3 aromatic carbocycles. The zero-order valence-electron chi connectivity index (χ0n) is 16.8. The summed E-state index contributed by atoms with van der Waals surface area (Å²) in [5, 5.41) is 20.2. The van der Waals surface area contributed by atoms with E-state index in [-0.39, 0.29) is 22.6 Å². The van der Waals surface area contributed by atoms with Crippen LogP contribution < -0.4 is 0 Å². The first-order valence-electron chi connectivity index (χ1n) is 9.47. The lowest BCUT2D eigenvalue weighted by atomic mass is 10.0. The number of hydrogen-bond donors (Lipinski definition) is 2. The number of ketones is 2. The van der Waals surface area contributed by atoms with Crippen molar-refractivity contribution in [3.63, 3.8) is 0 Å². The summed E-state index contributed by atoms with van der Waals surface area (Å²) in [6.45, 7) is 3.94. The fourth-order valence-corrected chi connectivity index (χ4v) is 2.85. The van der Waals surface area contributed by atoms with Gasteiger partial charge in [-0.15, -0.1) is 0 Å². The van der Waals surface area contributed by atoms with Crippen molar-refractivity contribution in [3.05, 3.63) is 106 Å². The van der Waals surface area contributed by atoms with Crippen molar-refractivity contribution >= 4 is 23.7 Å². The van der Waals surface area contributed by atoms with Gasteiger partial charge in [0.2, 0.25) is 0 Å². The molecule has 0 fully saturated rings. The van der Waals surface area contributed by atoms with E-state index in [1.807, 2.05) is 62.4 Å². The number of benzene rings is 3. The van der Waals surface area contributed by atoms with Crippen molar-refractivity contribution in [2.45, 2.75) is 13.8 Å². The summed E-state index contributed by atoms with van der Waals surface area (Å²) >= 11 is 0. The Morgan fingerprint density at radius 1 is 0.633 bits per heavy atom. The van der Waals surface area contributed by atoms with Gasteiger partial charge in [0.1, 0.15) is 11.5 Å². The minimum Gasteiger partial charge on any atom is -0.507 e. The quantitative estimate of drug-likeness (QED) is 0.424. The summed E-state index contributed by atoms with van der Waals surface area (Å²) < 4.78 is 0. The normalized spacial score (nSPS) is 11.3. The third kappa shape index (κ3) is 5.11. The largest absolute Gasteiger partial charge is 0.507 e. The van der Waals surface area contributed by atoms with Crippen LogP contribution >= 0.6 is 0 Å². The first kappa shape index (κ1) is 20.8. The Morgan fingerprint density at radius 3 is 1.37 bits per heavy atom. The van der Waals surface area contributed by atoms with E-state index in [0.717, 1.165) is 28.3 Å². The number of carbonyl (C=O) groups is 2. The Bertz CT molecular complexity index is 1050. The number of aryl methyl sites for hydroxylation is 2. The van der Waals surface area contributed by atoms with E-state index in [4.69, 9.17) is 0 Å². The van der Waals surface area contributed by atoms with Crippen LogP contribution in [0.15, 0.2) is 72.8 Å². The molecule has 0 aromatic heterocycles. The summed E-state index contributed by atoms with van der Waals surface area (Å²) in [5.74, 6) is -1.70. The SMILES string of the molecule is Cc1ccc(/C=C/C(=O)c2cc(C(=O)/C=C/c3ccc(C)cc3)c(O)cc2O)cc1. The van der Waals surface area contributed by atoms with Gasteiger partial charge in [-0.2, -0.15) is 0 Å². The highest BCUT2D eigenvalue weighted by molar-refractivity contribution is 6.13. The van der Waals surface area contributed by atoms with Crippen LogP contribution in [0, 0.1) is 13.8 Å². The Balaban J connectivity index is 1.83. The van der Waals surface area contributed by atoms with Gasteiger partial charge in [-0.25, -0.2) is 0 Å². The molecule has 4 nitrogen and oxygen atoms in total. The second kappa shape index (κ2) is 9.05. The van der Waals surface area contributed by atoms with Crippen LogP contribution in [0.4, 0.5) is 0 Å². The van der Waals surface area contributed by atoms with Crippen molar-refractivity contribution in [3.8, 4) is 11.5 Å². The highest BCUT2D eigenvalue weighted by Crippen LogP contribution is 2.29. The second-order valence-corrected chi connectivity index (χ2v) is 7.10. The van der Waals surface area contributed by atoms with Crippen LogP contribution in [0.3, 0.4) is 0 Å². The summed E-state index contributed by atoms with van der Waals surface area (Å²) in [4.78, 5) is 25.1. The maximum Gasteiger partial charge on any atom is 0.189 e. The van der Waals surface area contributed by atoms with E-state index < -0.39 is 11.6 Å². The van der Waals surface area contributed by atoms with Crippen LogP contribution in [-0.2, 0) is 0 Å². The van der Waals surface area contributed by atoms with Crippen molar-refractivity contribution in [1.82, 2.24) is 0 Å². The molecule has 0 saturated heterocycles. The molecule has 0 aliphatic carbocycles. The van der Waals surface area contributed by atoms with E-state index in [2.05, 4.69) is 0 Å². The molecule has 0 amide bonds. The smallest absolute Gasteiger partial charge is 0.189 e. The van der Waals surface area contributed by atoms with Crippen LogP contribution in [0.25, 0.3) is 12.2 Å². The fourth-order valence-electron chi connectivity index (χ4n) is 2.85. The molecule has 0 aliphatic heterocycles. The summed E-state index contributed by atoms with van der Waals surface area (Å²) in [5.41, 5.74) is 3.79. The van der Waals surface area contributed by atoms with E-state index in [1.165, 1.54) is 18.2 Å². The van der Waals surface area contributed by atoms with Crippen molar-refractivity contribution in [1.29, 1.82) is 0 Å². The molecule has 0 unspecified atom stereocenters. The van der Waals surface area contributed by atoms with Gasteiger partial charge in [0.05, 0.1) is 11.1 Å². The molecule has 30 heavy (non-hydrogen) atoms. The Kier molecular flexibility index (Phi) is 6.28. The van der Waals surface area contributed by atoms with Gasteiger partial charge >= 0.3 is 0 Å². The van der Waals surface area contributed by atoms with Crippen molar-refractivity contribution < 1.29 is 19.8 Å². The van der Waals surface area contributed by atoms with Crippen molar-refractivity contribution in [2.75, 3.05) is 0 Å². The minimum atomic E-state index is -0.468. The lowest BCUT2D eigenvalue weighted by Crippen LogP contribution is -2.01. The molecule has 2 N–H and O–H groups in total. The van der Waals surface area contributed by atoms with Crippen LogP contribution in [0.5, 0.6) is 11.5 Å². The molecule has 0 spiro atoms. The minimum absolute atomic E-state index is 0.0525. The number of phenolic OH excluding ortho intramolecular Hbond substituents is 2. The maximum absolute atomic E-state index is 12.5. The molecule has 0 atom stereocenters. The predicted octanol–water partition coefficient (Wildman–Crippen LogP) is 5.51. The average Bonchev–Trinajstić information content (AvgIpc) is 2.72. The van der Waals surface area contributed by atoms with E-state index in [9.17, 15) is 19.8 Å². The highest BCUT2D eigenvalue weighted by Gasteiger charge is 2.16. The molecule has 3 rings (SSSR count). The molecule has 0 radical (unpaired) electrons. The molecule has 0 aliphatic rings. The predicted molar refractivity (Wildman–Crippen MR) is 119 cm³/mol. The van der Waals surface area contributed by atoms with E-state index >= 15 is 0 Å². The zero-order valence-corrected chi connectivity index (χ0v) is 16.8. The standard InChI is InChI=1S/C26H22O4/c1-17-3-7-19(8-4-17)11-13-23(27)21-15-22(26(30)16-25(21)29)24(28)14-12-20-9-5-18(2)6-10-20/h3-16,29-30H,1-2H3/b13-11+,14-12+. The first-order valence-corrected chi connectivity index (χ1v) is 9.47. The molecule has 3 aromatic rings. The summed E-state index contributed by atoms with van der Waals surface area (Å²) in [7, 11) is 0. The lowest BCUT2D eigenvalue weighted by Gasteiger charge is -2.06. The summed E-state index contributed by atoms with van der Waals surface area (Å²) in [6.07, 6.45) is 5.92. The maximum atomic E-state index is 12.5. The van der Waals surface area contributed by atoms with Gasteiger partial charge in [0.25, 0.3) is 0 Å². The molecular formula is C26H22O4. The highest BCUT2D eigenvalue weighted by atomic mass is 16.3. The van der Waals surface area contributed by atoms with Gasteiger partial charge in [-0.1, -0.05) is 71.8 Å². The van der Waals surface area contributed by atoms with E-state index in [0.29, 0.717) is 0 Å². The number of allylic oxidation sites excluding steroid dienone is 2. The Morgan fingerprint density at radius 2 is 1.00 bits per heavy atom. The number of aromatic hydroxyl groups is 2. The van der Waals surface area contributed by atoms with Crippen LogP contribution in [-0.4, -0.2) is 21.8 Å². The molecule has 150 valence electrons. The van der Waals surface area contributed by atoms with Crippen LogP contribution in [0.2, 0.25) is 0 Å². The van der Waals surface area contributed by atoms with Gasteiger partial charge in [0.15, 0.2) is 11.6 Å². The summed E-state index contributed by atoms with van der Waals surface area (Å²) in [6, 6.07) is 17.5. The van der Waals surface area contributed by atoms with Crippen LogP contribution in [0.1, 0.15) is 43.0 Å². The van der Waals surface area contributed by atoms with Gasteiger partial charge in [-0.05, 0) is 43.2 Å². The molecule has 0 saturated carbocycles. The number of hydrogen-bond acceptors (Lipinski definition) is 4. The molecule has 4 heteroatoms. The Labute approximate surface area is 175 Å². The molecule has 0 bridgehead atoms. The molecule has 0 heterocycles. The van der Waals surface area contributed by atoms with Gasteiger partial charge < -0.3 is 10.2 Å². The number of carbonyl (C=O) groups excluding carboxylic acids is 2. The molecular weight excluding hydrogens is 376 g/mol.